The number of carbonyl (C=O) groups excluding carboxylic acids is 1. The second kappa shape index (κ2) is 16.4. The van der Waals surface area contributed by atoms with Gasteiger partial charge in [-0.2, -0.15) is 0 Å². The van der Waals surface area contributed by atoms with Crippen molar-refractivity contribution < 1.29 is 23.8 Å². The van der Waals surface area contributed by atoms with Crippen molar-refractivity contribution in [2.24, 2.45) is 5.92 Å². The average Bonchev–Trinajstić information content (AvgIpc) is 2.94. The third-order valence-electron chi connectivity index (χ3n) is 7.95. The van der Waals surface area contributed by atoms with Gasteiger partial charge in [0, 0.05) is 12.2 Å². The molecule has 3 rings (SSSR count). The number of esters is 1. The van der Waals surface area contributed by atoms with Gasteiger partial charge >= 0.3 is 5.97 Å². The number of ether oxygens (including phenoxy) is 2. The number of carbonyl (C=O) groups is 1. The number of halogens is 1. The van der Waals surface area contributed by atoms with Gasteiger partial charge in [-0.25, -0.2) is 9.18 Å². The van der Waals surface area contributed by atoms with E-state index in [9.17, 15) is 9.90 Å². The fourth-order valence-electron chi connectivity index (χ4n) is 5.54. The van der Waals surface area contributed by atoms with Crippen molar-refractivity contribution in [2.75, 3.05) is 19.8 Å². The number of hydrogen-bond donors (Lipinski definition) is 1. The van der Waals surface area contributed by atoms with Gasteiger partial charge in [0.2, 0.25) is 0 Å². The Balaban J connectivity index is 1.58. The number of aliphatic hydroxyl groups excluding tert-OH is 1. The molecule has 0 aromatic heterocycles. The normalized spacial score (nSPS) is 17.1. The molecule has 39 heavy (non-hydrogen) atoms. The molecule has 214 valence electrons. The first-order chi connectivity index (χ1) is 18.9. The van der Waals surface area contributed by atoms with Gasteiger partial charge in [-0.05, 0) is 105 Å². The number of aliphatic hydroxyl groups is 1. The highest BCUT2D eigenvalue weighted by atomic mass is 19.1. The average molecular weight is 539 g/mol. The molecule has 0 heterocycles. The minimum absolute atomic E-state index is 0.119. The van der Waals surface area contributed by atoms with Crippen molar-refractivity contribution in [1.29, 1.82) is 0 Å². The van der Waals surface area contributed by atoms with Crippen LogP contribution in [-0.2, 0) is 28.8 Å². The van der Waals surface area contributed by atoms with E-state index in [-0.39, 0.29) is 25.6 Å². The van der Waals surface area contributed by atoms with Gasteiger partial charge in [0.1, 0.15) is 24.8 Å². The molecular formula is C34H47FO4. The lowest BCUT2D eigenvalue weighted by Gasteiger charge is -2.29. The summed E-state index contributed by atoms with van der Waals surface area (Å²) in [6, 6.07) is 11.9. The Morgan fingerprint density at radius 1 is 0.974 bits per heavy atom. The van der Waals surface area contributed by atoms with Crippen LogP contribution in [-0.4, -0.2) is 30.9 Å². The second-order valence-electron chi connectivity index (χ2n) is 11.1. The zero-order valence-electron chi connectivity index (χ0n) is 24.0. The van der Waals surface area contributed by atoms with E-state index in [2.05, 4.69) is 19.6 Å². The maximum Gasteiger partial charge on any atom is 0.333 e. The van der Waals surface area contributed by atoms with Crippen molar-refractivity contribution >= 4 is 5.97 Å². The molecule has 2 aromatic carbocycles. The Hall–Kier alpha value is -2.66. The first kappa shape index (κ1) is 30.9. The quantitative estimate of drug-likeness (QED) is 0.134. The van der Waals surface area contributed by atoms with Crippen molar-refractivity contribution in [3.63, 3.8) is 0 Å². The molecule has 1 N–H and O–H groups in total. The predicted octanol–water partition coefficient (Wildman–Crippen LogP) is 7.89. The molecule has 0 radical (unpaired) electrons. The zero-order valence-corrected chi connectivity index (χ0v) is 24.0. The second-order valence-corrected chi connectivity index (χ2v) is 11.1. The summed E-state index contributed by atoms with van der Waals surface area (Å²) in [4.78, 5) is 11.6. The van der Waals surface area contributed by atoms with Crippen LogP contribution in [0.4, 0.5) is 4.39 Å². The molecule has 0 bridgehead atoms. The molecule has 1 saturated carbocycles. The highest BCUT2D eigenvalue weighted by molar-refractivity contribution is 5.86. The Morgan fingerprint density at radius 3 is 2.41 bits per heavy atom. The van der Waals surface area contributed by atoms with Crippen molar-refractivity contribution in [3.05, 3.63) is 76.6 Å². The van der Waals surface area contributed by atoms with Crippen LogP contribution in [0.3, 0.4) is 0 Å². The van der Waals surface area contributed by atoms with Crippen LogP contribution in [0.2, 0.25) is 0 Å². The van der Waals surface area contributed by atoms with E-state index >= 15 is 4.39 Å². The van der Waals surface area contributed by atoms with Crippen molar-refractivity contribution in [3.8, 4) is 5.75 Å². The topological polar surface area (TPSA) is 55.8 Å². The van der Waals surface area contributed by atoms with Crippen molar-refractivity contribution in [2.45, 2.75) is 96.8 Å². The van der Waals surface area contributed by atoms with Gasteiger partial charge in [-0.3, -0.25) is 0 Å². The van der Waals surface area contributed by atoms with E-state index in [4.69, 9.17) is 9.47 Å². The van der Waals surface area contributed by atoms with E-state index < -0.39 is 5.97 Å². The van der Waals surface area contributed by atoms with Crippen LogP contribution in [0.1, 0.15) is 99.8 Å². The first-order valence-corrected chi connectivity index (χ1v) is 14.9. The molecular weight excluding hydrogens is 491 g/mol. The first-order valence-electron chi connectivity index (χ1n) is 14.9. The van der Waals surface area contributed by atoms with Crippen LogP contribution in [0, 0.1) is 11.7 Å². The van der Waals surface area contributed by atoms with Crippen LogP contribution in [0.5, 0.6) is 5.75 Å². The summed E-state index contributed by atoms with van der Waals surface area (Å²) in [7, 11) is 0. The number of hydrogen-bond acceptors (Lipinski definition) is 4. The van der Waals surface area contributed by atoms with E-state index in [1.807, 2.05) is 24.3 Å². The summed E-state index contributed by atoms with van der Waals surface area (Å²) in [5.74, 6) is 1.48. The third kappa shape index (κ3) is 10.1. The van der Waals surface area contributed by atoms with Crippen LogP contribution >= 0.6 is 0 Å². The summed E-state index contributed by atoms with van der Waals surface area (Å²) >= 11 is 0. The van der Waals surface area contributed by atoms with Gasteiger partial charge in [0.25, 0.3) is 0 Å². The number of rotatable bonds is 16. The molecule has 4 nitrogen and oxygen atoms in total. The lowest BCUT2D eigenvalue weighted by Crippen LogP contribution is -2.14. The van der Waals surface area contributed by atoms with Gasteiger partial charge in [0.05, 0.1) is 0 Å². The van der Waals surface area contributed by atoms with Gasteiger partial charge in [0.15, 0.2) is 0 Å². The highest BCUT2D eigenvalue weighted by Crippen LogP contribution is 2.38. The maximum atomic E-state index is 15.2. The largest absolute Gasteiger partial charge is 0.490 e. The Labute approximate surface area is 234 Å². The van der Waals surface area contributed by atoms with Gasteiger partial charge < -0.3 is 14.6 Å². The Bertz CT molecular complexity index is 1060. The minimum atomic E-state index is -0.436. The maximum absolute atomic E-state index is 15.2. The lowest BCUT2D eigenvalue weighted by molar-refractivity contribution is -0.139. The van der Waals surface area contributed by atoms with Crippen LogP contribution < -0.4 is 4.74 Å². The van der Waals surface area contributed by atoms with Gasteiger partial charge in [-0.1, -0.05) is 63.5 Å². The van der Waals surface area contributed by atoms with Gasteiger partial charge in [-0.15, -0.1) is 0 Å². The molecule has 2 aromatic rings. The minimum Gasteiger partial charge on any atom is -0.490 e. The highest BCUT2D eigenvalue weighted by Gasteiger charge is 2.23. The fraction of sp³-hybridized carbons (Fsp3) is 0.559. The molecule has 1 aliphatic rings. The molecule has 0 atom stereocenters. The zero-order chi connectivity index (χ0) is 28.0. The Morgan fingerprint density at radius 2 is 1.72 bits per heavy atom. The SMILES string of the molecule is C=C(C)C(=O)OCCOc1cc(CCCO)ccc1CCc1ccc(C2CCC(CCCCC)CC2)cc1F. The smallest absolute Gasteiger partial charge is 0.333 e. The molecule has 0 aliphatic heterocycles. The number of benzene rings is 2. The summed E-state index contributed by atoms with van der Waals surface area (Å²) in [6.45, 7) is 7.93. The molecule has 0 amide bonds. The predicted molar refractivity (Wildman–Crippen MR) is 156 cm³/mol. The summed E-state index contributed by atoms with van der Waals surface area (Å²) < 4.78 is 26.3. The van der Waals surface area contributed by atoms with E-state index in [1.165, 1.54) is 51.4 Å². The number of aryl methyl sites for hydroxylation is 3. The fourth-order valence-corrected chi connectivity index (χ4v) is 5.54. The Kier molecular flexibility index (Phi) is 13.0. The summed E-state index contributed by atoms with van der Waals surface area (Å²) in [5, 5.41) is 9.19. The molecule has 1 aliphatic carbocycles. The standard InChI is InChI=1S/C34H47FO4/c1-4-5-6-8-26-10-13-28(14-11-26)31-19-17-29(32(35)24-31)16-18-30-15-12-27(9-7-20-36)23-33(30)38-21-22-39-34(37)25(2)3/h12,15,17,19,23-24,26,28,36H,2,4-11,13-14,16,18,20-22H2,1,3H3. The lowest BCUT2D eigenvalue weighted by atomic mass is 9.77. The van der Waals surface area contributed by atoms with E-state index in [0.29, 0.717) is 36.5 Å². The molecule has 0 saturated heterocycles. The van der Waals surface area contributed by atoms with E-state index in [1.54, 1.807) is 13.0 Å². The molecule has 0 unspecified atom stereocenters. The third-order valence-corrected chi connectivity index (χ3v) is 7.95. The monoisotopic (exact) mass is 538 g/mol. The van der Waals surface area contributed by atoms with Crippen LogP contribution in [0.15, 0.2) is 48.6 Å². The summed E-state index contributed by atoms with van der Waals surface area (Å²) in [5.41, 5.74) is 4.27. The molecule has 0 spiro atoms. The summed E-state index contributed by atoms with van der Waals surface area (Å²) in [6.07, 6.45) is 12.8. The van der Waals surface area contributed by atoms with E-state index in [0.717, 1.165) is 34.6 Å². The molecule has 1 fully saturated rings. The molecule has 5 heteroatoms. The van der Waals surface area contributed by atoms with Crippen molar-refractivity contribution in [1.82, 2.24) is 0 Å². The van der Waals surface area contributed by atoms with Crippen LogP contribution in [0.25, 0.3) is 0 Å². The number of unbranched alkanes of at least 4 members (excludes halogenated alkanes) is 2.